The molecule has 80 heavy (non-hydrogen) atoms. The topological polar surface area (TPSA) is 95.9 Å². The number of ether oxygens (including phenoxy) is 1. The number of aliphatic hydroxyl groups excluding tert-OH is 2. The van der Waals surface area contributed by atoms with Crippen molar-refractivity contribution in [3.8, 4) is 0 Å². The van der Waals surface area contributed by atoms with E-state index in [2.05, 4.69) is 43.5 Å². The zero-order valence-electron chi connectivity index (χ0n) is 54.1. The Labute approximate surface area is 500 Å². The van der Waals surface area contributed by atoms with Crippen molar-refractivity contribution in [2.24, 2.45) is 0 Å². The summed E-state index contributed by atoms with van der Waals surface area (Å²) in [5, 5.41) is 23.3. The number of esters is 1. The first-order chi connectivity index (χ1) is 39.5. The van der Waals surface area contributed by atoms with Crippen LogP contribution < -0.4 is 5.32 Å². The third-order valence-corrected chi connectivity index (χ3v) is 16.9. The molecule has 0 aliphatic carbocycles. The van der Waals surface area contributed by atoms with Gasteiger partial charge in [-0.3, -0.25) is 9.59 Å². The molecule has 472 valence electrons. The van der Waals surface area contributed by atoms with Gasteiger partial charge in [-0.05, 0) is 64.2 Å². The number of aliphatic hydroxyl groups is 2. The van der Waals surface area contributed by atoms with Gasteiger partial charge in [-0.2, -0.15) is 0 Å². The molecule has 0 aromatic rings. The van der Waals surface area contributed by atoms with Crippen LogP contribution in [0.4, 0.5) is 0 Å². The van der Waals surface area contributed by atoms with Gasteiger partial charge in [-0.1, -0.05) is 359 Å². The van der Waals surface area contributed by atoms with Crippen molar-refractivity contribution in [1.29, 1.82) is 0 Å². The minimum Gasteiger partial charge on any atom is -0.466 e. The lowest BCUT2D eigenvalue weighted by atomic mass is 10.0. The van der Waals surface area contributed by atoms with Crippen LogP contribution in [0.3, 0.4) is 0 Å². The highest BCUT2D eigenvalue weighted by Crippen LogP contribution is 2.19. The van der Waals surface area contributed by atoms with Gasteiger partial charge in [0.2, 0.25) is 5.91 Å². The summed E-state index contributed by atoms with van der Waals surface area (Å²) in [6, 6.07) is -0.630. The van der Waals surface area contributed by atoms with E-state index in [4.69, 9.17) is 4.74 Å². The molecule has 0 aromatic carbocycles. The normalized spacial score (nSPS) is 12.7. The number of hydrogen-bond acceptors (Lipinski definition) is 5. The average Bonchev–Trinajstić information content (AvgIpc) is 3.46. The molecule has 0 spiro atoms. The fourth-order valence-corrected chi connectivity index (χ4v) is 11.4. The highest BCUT2D eigenvalue weighted by atomic mass is 16.5. The molecule has 0 bridgehead atoms. The molecule has 2 atom stereocenters. The molecule has 0 rings (SSSR count). The fourth-order valence-electron chi connectivity index (χ4n) is 11.4. The highest BCUT2D eigenvalue weighted by molar-refractivity contribution is 5.76. The summed E-state index contributed by atoms with van der Waals surface area (Å²) in [4.78, 5) is 24.6. The molecule has 0 aliphatic heterocycles. The molecular formula is C74H141NO5. The summed E-state index contributed by atoms with van der Waals surface area (Å²) in [5.41, 5.74) is 0. The maximum absolute atomic E-state index is 12.5. The Hall–Kier alpha value is -1.92. The van der Waals surface area contributed by atoms with Crippen LogP contribution in [0.2, 0.25) is 0 Å². The maximum atomic E-state index is 12.5. The van der Waals surface area contributed by atoms with Crippen LogP contribution in [0.15, 0.2) is 36.5 Å². The van der Waals surface area contributed by atoms with Crippen molar-refractivity contribution >= 4 is 11.9 Å². The van der Waals surface area contributed by atoms with Gasteiger partial charge in [0, 0.05) is 12.8 Å². The Bertz CT molecular complexity index is 1300. The highest BCUT2D eigenvalue weighted by Gasteiger charge is 2.18. The van der Waals surface area contributed by atoms with Crippen molar-refractivity contribution < 1.29 is 24.5 Å². The van der Waals surface area contributed by atoms with Gasteiger partial charge in [0.05, 0.1) is 25.4 Å². The van der Waals surface area contributed by atoms with E-state index in [-0.39, 0.29) is 18.5 Å². The Morgan fingerprint density at radius 1 is 0.350 bits per heavy atom. The Kier molecular flexibility index (Phi) is 67.9. The largest absolute Gasteiger partial charge is 0.466 e. The molecular weight excluding hydrogens is 983 g/mol. The van der Waals surface area contributed by atoms with E-state index in [1.165, 1.54) is 321 Å². The summed E-state index contributed by atoms with van der Waals surface area (Å²) in [6.07, 6.45) is 89.4. The number of unbranched alkanes of at least 4 members (excludes halogenated alkanes) is 53. The Morgan fingerprint density at radius 3 is 0.975 bits per heavy atom. The van der Waals surface area contributed by atoms with Crippen molar-refractivity contribution in [1.82, 2.24) is 5.32 Å². The summed E-state index contributed by atoms with van der Waals surface area (Å²) in [6.45, 7) is 4.91. The van der Waals surface area contributed by atoms with E-state index in [1.54, 1.807) is 6.08 Å². The number of carbonyl (C=O) groups is 2. The average molecular weight is 1120 g/mol. The first-order valence-electron chi connectivity index (χ1n) is 36.3. The van der Waals surface area contributed by atoms with Gasteiger partial charge in [-0.25, -0.2) is 0 Å². The first-order valence-corrected chi connectivity index (χ1v) is 36.3. The fraction of sp³-hybridized carbons (Fsp3) is 0.892. The van der Waals surface area contributed by atoms with E-state index >= 15 is 0 Å². The minimum atomic E-state index is -0.846. The Morgan fingerprint density at radius 2 is 0.625 bits per heavy atom. The van der Waals surface area contributed by atoms with E-state index in [1.807, 2.05) is 6.08 Å². The second-order valence-electron chi connectivity index (χ2n) is 24.9. The SMILES string of the molecule is CCCCC/C=C\C/C=C\CCCCCCCC(=O)OCCCCCCCCCCCCCCCCCCCCCCCCCC(=O)NC(CO)C(O)/C=C/CCCCCCCCCCCCCCCCCCCCCCCCC. The van der Waals surface area contributed by atoms with Gasteiger partial charge in [0.25, 0.3) is 0 Å². The zero-order chi connectivity index (χ0) is 57.8. The number of amides is 1. The van der Waals surface area contributed by atoms with Gasteiger partial charge in [0.15, 0.2) is 0 Å². The standard InChI is InChI=1S/C74H141NO5/c1-3-5-7-9-11-13-15-17-19-20-21-22-23-24-26-29-32-35-39-42-46-50-54-58-62-66-72(77)71(70-76)75-73(78)67-63-59-55-51-47-43-40-36-33-30-27-25-28-31-34-37-41-45-49-53-57-61-65-69-80-74(79)68-64-60-56-52-48-44-38-18-16-14-12-10-8-6-4-2/h12,14,18,38,62,66,71-72,76-77H,3-11,13,15-17,19-37,39-61,63-65,67-70H2,1-2H3,(H,75,78)/b14-12-,38-18-,66-62+. The Balaban J connectivity index is 3.41. The predicted octanol–water partition coefficient (Wildman–Crippen LogP) is 23.5. The second-order valence-corrected chi connectivity index (χ2v) is 24.9. The van der Waals surface area contributed by atoms with Crippen molar-refractivity contribution in [2.45, 2.75) is 411 Å². The van der Waals surface area contributed by atoms with Crippen molar-refractivity contribution in [3.05, 3.63) is 36.5 Å². The predicted molar refractivity (Wildman–Crippen MR) is 352 cm³/mol. The lowest BCUT2D eigenvalue weighted by molar-refractivity contribution is -0.143. The monoisotopic (exact) mass is 1120 g/mol. The van der Waals surface area contributed by atoms with Crippen LogP contribution in [0, 0.1) is 0 Å². The second kappa shape index (κ2) is 69.6. The molecule has 6 nitrogen and oxygen atoms in total. The summed E-state index contributed by atoms with van der Waals surface area (Å²) in [5.74, 6) is -0.0628. The molecule has 6 heteroatoms. The van der Waals surface area contributed by atoms with Crippen LogP contribution >= 0.6 is 0 Å². The van der Waals surface area contributed by atoms with Gasteiger partial charge in [-0.15, -0.1) is 0 Å². The van der Waals surface area contributed by atoms with Crippen molar-refractivity contribution in [2.75, 3.05) is 13.2 Å². The van der Waals surface area contributed by atoms with Crippen LogP contribution in [-0.2, 0) is 14.3 Å². The van der Waals surface area contributed by atoms with E-state index in [0.29, 0.717) is 19.4 Å². The lowest BCUT2D eigenvalue weighted by Crippen LogP contribution is -2.45. The first kappa shape index (κ1) is 78.1. The molecule has 0 saturated heterocycles. The van der Waals surface area contributed by atoms with Crippen molar-refractivity contribution in [3.63, 3.8) is 0 Å². The molecule has 0 saturated carbocycles. The molecule has 0 heterocycles. The van der Waals surface area contributed by atoms with E-state index in [9.17, 15) is 19.8 Å². The molecule has 3 N–H and O–H groups in total. The van der Waals surface area contributed by atoms with E-state index < -0.39 is 12.1 Å². The number of carbonyl (C=O) groups excluding carboxylic acids is 2. The van der Waals surface area contributed by atoms with Crippen LogP contribution in [0.1, 0.15) is 399 Å². The van der Waals surface area contributed by atoms with Gasteiger partial charge in [0.1, 0.15) is 0 Å². The molecule has 0 aromatic heterocycles. The van der Waals surface area contributed by atoms with E-state index in [0.717, 1.165) is 51.4 Å². The summed E-state index contributed by atoms with van der Waals surface area (Å²) in [7, 11) is 0. The summed E-state index contributed by atoms with van der Waals surface area (Å²) < 4.78 is 5.49. The maximum Gasteiger partial charge on any atom is 0.305 e. The number of nitrogens with one attached hydrogen (secondary N) is 1. The number of rotatable bonds is 68. The third-order valence-electron chi connectivity index (χ3n) is 16.9. The van der Waals surface area contributed by atoms with Crippen LogP contribution in [0.5, 0.6) is 0 Å². The molecule has 1 amide bonds. The van der Waals surface area contributed by atoms with Gasteiger partial charge >= 0.3 is 5.97 Å². The number of allylic oxidation sites excluding steroid dienone is 5. The zero-order valence-corrected chi connectivity index (χ0v) is 54.1. The molecule has 0 radical (unpaired) electrons. The quantitative estimate of drug-likeness (QED) is 0.0320. The molecule has 2 unspecified atom stereocenters. The molecule has 0 fully saturated rings. The molecule has 0 aliphatic rings. The van der Waals surface area contributed by atoms with Crippen LogP contribution in [-0.4, -0.2) is 47.4 Å². The van der Waals surface area contributed by atoms with Crippen LogP contribution in [0.25, 0.3) is 0 Å². The summed E-state index contributed by atoms with van der Waals surface area (Å²) >= 11 is 0. The van der Waals surface area contributed by atoms with Gasteiger partial charge < -0.3 is 20.3 Å². The minimum absolute atomic E-state index is 0.000538. The lowest BCUT2D eigenvalue weighted by Gasteiger charge is -2.20. The smallest absolute Gasteiger partial charge is 0.305 e. The third kappa shape index (κ3) is 65.2. The number of hydrogen-bond donors (Lipinski definition) is 3.